The number of rotatable bonds is 14. The lowest BCUT2D eigenvalue weighted by Gasteiger charge is -2.32. The molecule has 0 saturated carbocycles. The number of benzene rings is 4. The van der Waals surface area contributed by atoms with Gasteiger partial charge >= 0.3 is 6.09 Å². The van der Waals surface area contributed by atoms with Gasteiger partial charge in [0.1, 0.15) is 17.6 Å². The number of likely N-dealkylation sites (tertiary alicyclic amines) is 1. The Morgan fingerprint density at radius 2 is 1.68 bits per heavy atom. The highest BCUT2D eigenvalue weighted by Crippen LogP contribution is 2.29. The van der Waals surface area contributed by atoms with Crippen LogP contribution in [0.2, 0.25) is 0 Å². The molecule has 0 radical (unpaired) electrons. The van der Waals surface area contributed by atoms with Crippen molar-refractivity contribution in [2.75, 3.05) is 51.7 Å². The number of pyridine rings is 1. The maximum Gasteiger partial charge on any atom is 0.411 e. The predicted octanol–water partition coefficient (Wildman–Crippen LogP) is 5.27. The fourth-order valence-electron chi connectivity index (χ4n) is 6.39. The van der Waals surface area contributed by atoms with Crippen molar-refractivity contribution in [3.05, 3.63) is 125 Å². The lowest BCUT2D eigenvalue weighted by Crippen LogP contribution is -2.43. The molecule has 1 aromatic heterocycles. The van der Waals surface area contributed by atoms with Crippen molar-refractivity contribution in [3.63, 3.8) is 0 Å². The van der Waals surface area contributed by atoms with E-state index in [2.05, 4.69) is 20.5 Å². The van der Waals surface area contributed by atoms with E-state index in [1.165, 1.54) is 12.1 Å². The van der Waals surface area contributed by atoms with Crippen molar-refractivity contribution in [1.82, 2.24) is 20.1 Å². The molecule has 0 spiro atoms. The first-order chi connectivity index (χ1) is 25.7. The second kappa shape index (κ2) is 17.7. The third-order valence-corrected chi connectivity index (χ3v) is 9.45. The first kappa shape index (κ1) is 37.1. The number of carbonyl (C=O) groups is 2. The molecule has 2 amide bonds. The van der Waals surface area contributed by atoms with E-state index >= 15 is 0 Å². The van der Waals surface area contributed by atoms with Gasteiger partial charge in [-0.15, -0.1) is 0 Å². The number of para-hydroxylation sites is 1. The monoisotopic (exact) mass is 719 g/mol. The smallest absolute Gasteiger partial charge is 0.411 e. The molecule has 53 heavy (non-hydrogen) atoms. The van der Waals surface area contributed by atoms with Crippen molar-refractivity contribution in [2.24, 2.45) is 0 Å². The molecule has 0 bridgehead atoms. The van der Waals surface area contributed by atoms with E-state index in [9.17, 15) is 24.6 Å². The van der Waals surface area contributed by atoms with Crippen LogP contribution >= 0.6 is 0 Å². The van der Waals surface area contributed by atoms with Gasteiger partial charge in [0.15, 0.2) is 6.61 Å². The number of carbonyl (C=O) groups excluding carboxylic acids is 2. The molecule has 1 aliphatic rings. The molecule has 12 nitrogen and oxygen atoms in total. The number of aromatic nitrogens is 1. The van der Waals surface area contributed by atoms with Gasteiger partial charge in [-0.1, -0.05) is 66.7 Å². The van der Waals surface area contributed by atoms with Crippen molar-refractivity contribution in [3.8, 4) is 22.6 Å². The van der Waals surface area contributed by atoms with E-state index in [4.69, 9.17) is 9.47 Å². The Morgan fingerprint density at radius 1 is 0.943 bits per heavy atom. The van der Waals surface area contributed by atoms with Crippen LogP contribution in [0.4, 0.5) is 10.5 Å². The van der Waals surface area contributed by atoms with E-state index in [1.807, 2.05) is 66.7 Å². The van der Waals surface area contributed by atoms with Gasteiger partial charge in [0.25, 0.3) is 5.91 Å². The van der Waals surface area contributed by atoms with E-state index in [-0.39, 0.29) is 36.5 Å². The van der Waals surface area contributed by atoms with Crippen LogP contribution in [0.15, 0.2) is 108 Å². The van der Waals surface area contributed by atoms with Gasteiger partial charge in [-0.05, 0) is 59.9 Å². The first-order valence-electron chi connectivity index (χ1n) is 17.8. The molecule has 12 heteroatoms. The summed E-state index contributed by atoms with van der Waals surface area (Å²) in [5, 5.41) is 27.6. The summed E-state index contributed by atoms with van der Waals surface area (Å²) >= 11 is 0. The standard InChI is InChI=1S/C41H45N5O7/c1-45(23-24-46-21-19-31(20-22-46)53-41(51)43-35-10-6-5-9-32(35)29-7-3-2-4-8-29)39(50)27-52-30-13-11-28(12-14-30)25-42-26-37(48)33-15-17-36(47)40-34(33)16-18-38(49)44-40/h2-18,31,37,42,47-48H,19-27H2,1H3,(H,43,51)(H,44,49)/t37-/m1/s1. The summed E-state index contributed by atoms with van der Waals surface area (Å²) < 4.78 is 11.5. The number of anilines is 1. The van der Waals surface area contributed by atoms with Gasteiger partial charge in [0.05, 0.1) is 17.3 Å². The number of amides is 2. The molecule has 1 atom stereocenters. The third kappa shape index (κ3) is 10.0. The number of aliphatic hydroxyl groups is 1. The largest absolute Gasteiger partial charge is 0.506 e. The number of hydrogen-bond acceptors (Lipinski definition) is 9. The van der Waals surface area contributed by atoms with Crippen LogP contribution in [0, 0.1) is 0 Å². The zero-order valence-corrected chi connectivity index (χ0v) is 29.7. The fourth-order valence-corrected chi connectivity index (χ4v) is 6.39. The number of aromatic hydroxyl groups is 1. The van der Waals surface area contributed by atoms with Crippen molar-refractivity contribution in [2.45, 2.75) is 31.6 Å². The van der Waals surface area contributed by atoms with E-state index in [0.29, 0.717) is 47.5 Å². The van der Waals surface area contributed by atoms with E-state index in [0.717, 1.165) is 42.6 Å². The van der Waals surface area contributed by atoms with Crippen molar-refractivity contribution in [1.29, 1.82) is 0 Å². The molecule has 276 valence electrons. The summed E-state index contributed by atoms with van der Waals surface area (Å²) in [7, 11) is 1.77. The van der Waals surface area contributed by atoms with Crippen LogP contribution < -0.4 is 20.9 Å². The Bertz CT molecular complexity index is 2050. The first-order valence-corrected chi connectivity index (χ1v) is 17.8. The third-order valence-electron chi connectivity index (χ3n) is 9.45. The minimum Gasteiger partial charge on any atom is -0.506 e. The Kier molecular flexibility index (Phi) is 12.4. The van der Waals surface area contributed by atoms with E-state index in [1.54, 1.807) is 36.2 Å². The number of fused-ring (bicyclic) bond motifs is 1. The number of phenolic OH excluding ortho intramolecular Hbond substituents is 1. The van der Waals surface area contributed by atoms with Gasteiger partial charge in [-0.25, -0.2) is 4.79 Å². The highest BCUT2D eigenvalue weighted by molar-refractivity contribution is 5.91. The number of hydrogen-bond donors (Lipinski definition) is 5. The number of nitrogens with one attached hydrogen (secondary N) is 3. The summed E-state index contributed by atoms with van der Waals surface area (Å²) in [4.78, 5) is 43.8. The highest BCUT2D eigenvalue weighted by Gasteiger charge is 2.23. The van der Waals surface area contributed by atoms with Crippen LogP contribution in [-0.2, 0) is 16.1 Å². The van der Waals surface area contributed by atoms with Crippen LogP contribution in [0.1, 0.15) is 30.1 Å². The number of ether oxygens (including phenoxy) is 2. The second-order valence-electron chi connectivity index (χ2n) is 13.2. The van der Waals surface area contributed by atoms with E-state index < -0.39 is 12.2 Å². The molecule has 4 aromatic carbocycles. The fraction of sp³-hybridized carbons (Fsp3) is 0.293. The molecule has 5 N–H and O–H groups in total. The summed E-state index contributed by atoms with van der Waals surface area (Å²) in [5.74, 6) is 0.401. The van der Waals surface area contributed by atoms with Crippen LogP contribution in [0.3, 0.4) is 0 Å². The van der Waals surface area contributed by atoms with Crippen LogP contribution in [0.5, 0.6) is 11.5 Å². The number of H-pyrrole nitrogens is 1. The summed E-state index contributed by atoms with van der Waals surface area (Å²) in [6, 6.07) is 31.0. The SMILES string of the molecule is CN(CCN1CCC(OC(=O)Nc2ccccc2-c2ccccc2)CC1)C(=O)COc1ccc(CNC[C@@H](O)c2ccc(O)c3[nH]c(=O)ccc23)cc1. The second-order valence-corrected chi connectivity index (χ2v) is 13.2. The molecule has 1 fully saturated rings. The maximum absolute atomic E-state index is 12.8. The van der Waals surface area contributed by atoms with Crippen molar-refractivity contribution < 1.29 is 29.3 Å². The lowest BCUT2D eigenvalue weighted by molar-refractivity contribution is -0.132. The predicted molar refractivity (Wildman–Crippen MR) is 204 cm³/mol. The maximum atomic E-state index is 12.8. The zero-order valence-electron chi connectivity index (χ0n) is 29.7. The number of aromatic amines is 1. The van der Waals surface area contributed by atoms with Gasteiger partial charge in [-0.2, -0.15) is 0 Å². The number of aliphatic hydroxyl groups excluding tert-OH is 1. The minimum absolute atomic E-state index is 0.0539. The van der Waals surface area contributed by atoms with Gasteiger partial charge in [0.2, 0.25) is 5.56 Å². The Balaban J connectivity index is 0.865. The van der Waals surface area contributed by atoms with Crippen LogP contribution in [-0.4, -0.2) is 89.5 Å². The molecule has 0 aliphatic carbocycles. The quantitative estimate of drug-likeness (QED) is 0.103. The summed E-state index contributed by atoms with van der Waals surface area (Å²) in [6.45, 7) is 3.48. The number of phenols is 1. The Morgan fingerprint density at radius 3 is 2.45 bits per heavy atom. The Labute approximate surface area is 308 Å². The minimum atomic E-state index is -0.858. The molecule has 1 saturated heterocycles. The molecule has 5 aromatic rings. The number of piperidine rings is 1. The molecular formula is C41H45N5O7. The zero-order chi connectivity index (χ0) is 37.2. The molecule has 1 aliphatic heterocycles. The molecule has 0 unspecified atom stereocenters. The van der Waals surface area contributed by atoms with Gasteiger partial charge in [0, 0.05) is 63.3 Å². The molecule has 2 heterocycles. The Hall–Kier alpha value is -5.69. The van der Waals surface area contributed by atoms with Crippen molar-refractivity contribution >= 4 is 28.6 Å². The highest BCUT2D eigenvalue weighted by atomic mass is 16.6. The molecule has 6 rings (SSSR count). The van der Waals surface area contributed by atoms with Gasteiger partial charge < -0.3 is 39.8 Å². The number of nitrogens with zero attached hydrogens (tertiary/aromatic N) is 2. The number of likely N-dealkylation sites (N-methyl/N-ethyl adjacent to an activating group) is 1. The normalized spacial score (nSPS) is 14.1. The summed E-state index contributed by atoms with van der Waals surface area (Å²) in [6.07, 6.45) is -0.0425. The average molecular weight is 720 g/mol. The summed E-state index contributed by atoms with van der Waals surface area (Å²) in [5.41, 5.74) is 4.19. The van der Waals surface area contributed by atoms with Gasteiger partial charge in [-0.3, -0.25) is 14.9 Å². The average Bonchev–Trinajstić information content (AvgIpc) is 3.18. The lowest BCUT2D eigenvalue weighted by atomic mass is 10.0. The topological polar surface area (TPSA) is 156 Å². The molecular weight excluding hydrogens is 674 g/mol. The van der Waals surface area contributed by atoms with Crippen LogP contribution in [0.25, 0.3) is 22.0 Å².